The Bertz CT molecular complexity index is 692. The lowest BCUT2D eigenvalue weighted by atomic mass is 9.96. The molecule has 1 aliphatic carbocycles. The number of nitrogens with zero attached hydrogens (tertiary/aromatic N) is 2. The van der Waals surface area contributed by atoms with E-state index in [2.05, 4.69) is 0 Å². The minimum absolute atomic E-state index is 0.154. The Morgan fingerprint density at radius 3 is 2.38 bits per heavy atom. The van der Waals surface area contributed by atoms with Crippen LogP contribution in [0.2, 0.25) is 0 Å². The fourth-order valence-corrected chi connectivity index (χ4v) is 3.32. The Labute approximate surface area is 124 Å². The predicted molar refractivity (Wildman–Crippen MR) is 82.3 cm³/mol. The normalized spacial score (nSPS) is 16.0. The fraction of sp³-hybridized carbons (Fsp3) is 0.412. The monoisotopic (exact) mass is 284 g/mol. The molecule has 0 radical (unpaired) electrons. The Hall–Kier alpha value is -2.10. The largest absolute Gasteiger partial charge is 0.298 e. The van der Waals surface area contributed by atoms with Gasteiger partial charge < -0.3 is 0 Å². The van der Waals surface area contributed by atoms with Crippen molar-refractivity contribution < 1.29 is 4.79 Å². The van der Waals surface area contributed by atoms with E-state index in [0.29, 0.717) is 6.29 Å². The lowest BCUT2D eigenvalue weighted by Gasteiger charge is -2.26. The van der Waals surface area contributed by atoms with E-state index in [0.717, 1.165) is 37.1 Å². The molecule has 1 aliphatic rings. The molecule has 0 spiro atoms. The highest BCUT2D eigenvalue weighted by molar-refractivity contribution is 5.76. The van der Waals surface area contributed by atoms with E-state index in [1.807, 2.05) is 41.9 Å². The summed E-state index contributed by atoms with van der Waals surface area (Å²) in [6, 6.07) is 9.99. The van der Waals surface area contributed by atoms with E-state index in [4.69, 9.17) is 0 Å². The molecular formula is C17H20N2O2. The van der Waals surface area contributed by atoms with Gasteiger partial charge in [-0.3, -0.25) is 14.3 Å². The molecule has 2 aromatic rings. The summed E-state index contributed by atoms with van der Waals surface area (Å²) >= 11 is 0. The first-order valence-electron chi connectivity index (χ1n) is 7.58. The second-order valence-corrected chi connectivity index (χ2v) is 5.71. The first kappa shape index (κ1) is 13.9. The topological polar surface area (TPSA) is 44.0 Å². The van der Waals surface area contributed by atoms with Crippen LogP contribution in [0.4, 0.5) is 0 Å². The van der Waals surface area contributed by atoms with Gasteiger partial charge in [-0.05, 0) is 31.9 Å². The van der Waals surface area contributed by atoms with Crippen LogP contribution in [-0.4, -0.2) is 15.6 Å². The number of carbonyl (C=O) groups excluding carboxylic acids is 1. The van der Waals surface area contributed by atoms with Gasteiger partial charge >= 0.3 is 0 Å². The van der Waals surface area contributed by atoms with Crippen LogP contribution in [0.3, 0.4) is 0 Å². The maximum atomic E-state index is 12.6. The minimum Gasteiger partial charge on any atom is -0.298 e. The van der Waals surface area contributed by atoms with Crippen molar-refractivity contribution in [1.29, 1.82) is 0 Å². The maximum absolute atomic E-state index is 12.6. The van der Waals surface area contributed by atoms with Crippen molar-refractivity contribution in [3.8, 4) is 5.69 Å². The molecule has 1 heterocycles. The SMILES string of the molecule is Cc1c(C=O)c(=O)n(C2CCCCC2)n1-c1ccccc1. The van der Waals surface area contributed by atoms with Gasteiger partial charge in [-0.2, -0.15) is 0 Å². The quantitative estimate of drug-likeness (QED) is 0.812. The van der Waals surface area contributed by atoms with E-state index in [1.165, 1.54) is 6.42 Å². The van der Waals surface area contributed by atoms with Gasteiger partial charge in [0.25, 0.3) is 5.56 Å². The van der Waals surface area contributed by atoms with Gasteiger partial charge in [-0.1, -0.05) is 37.5 Å². The summed E-state index contributed by atoms with van der Waals surface area (Å²) in [6.45, 7) is 1.84. The molecular weight excluding hydrogens is 264 g/mol. The number of hydrogen-bond acceptors (Lipinski definition) is 2. The van der Waals surface area contributed by atoms with Crippen LogP contribution < -0.4 is 5.56 Å². The zero-order valence-electron chi connectivity index (χ0n) is 12.3. The summed E-state index contributed by atoms with van der Waals surface area (Å²) in [6.07, 6.45) is 6.23. The van der Waals surface area contributed by atoms with Gasteiger partial charge in [0.05, 0.1) is 17.4 Å². The smallest absolute Gasteiger partial charge is 0.278 e. The third-order valence-corrected chi connectivity index (χ3v) is 4.40. The van der Waals surface area contributed by atoms with Crippen molar-refractivity contribution >= 4 is 6.29 Å². The third kappa shape index (κ3) is 2.35. The van der Waals surface area contributed by atoms with E-state index in [1.54, 1.807) is 4.68 Å². The highest BCUT2D eigenvalue weighted by atomic mass is 16.1. The molecule has 0 saturated heterocycles. The average molecular weight is 284 g/mol. The van der Waals surface area contributed by atoms with Crippen LogP contribution in [0.15, 0.2) is 35.1 Å². The molecule has 4 nitrogen and oxygen atoms in total. The molecule has 1 fully saturated rings. The van der Waals surface area contributed by atoms with Crippen molar-refractivity contribution in [3.63, 3.8) is 0 Å². The standard InChI is InChI=1S/C17H20N2O2/c1-13-16(12-20)17(21)19(15-10-6-3-7-11-15)18(13)14-8-4-2-5-9-14/h2,4-5,8-9,12,15H,3,6-7,10-11H2,1H3. The molecule has 4 heteroatoms. The van der Waals surface area contributed by atoms with E-state index < -0.39 is 0 Å². The Morgan fingerprint density at radius 1 is 1.10 bits per heavy atom. The molecule has 21 heavy (non-hydrogen) atoms. The van der Waals surface area contributed by atoms with E-state index >= 15 is 0 Å². The number of aldehydes is 1. The third-order valence-electron chi connectivity index (χ3n) is 4.40. The number of hydrogen-bond donors (Lipinski definition) is 0. The number of aromatic nitrogens is 2. The van der Waals surface area contributed by atoms with Crippen LogP contribution in [0.25, 0.3) is 5.69 Å². The van der Waals surface area contributed by atoms with Crippen LogP contribution in [0.1, 0.15) is 54.2 Å². The van der Waals surface area contributed by atoms with Gasteiger partial charge in [0.1, 0.15) is 5.56 Å². The van der Waals surface area contributed by atoms with E-state index in [-0.39, 0.29) is 17.2 Å². The lowest BCUT2D eigenvalue weighted by molar-refractivity contribution is 0.112. The molecule has 1 aromatic heterocycles. The van der Waals surface area contributed by atoms with Crippen molar-refractivity contribution in [3.05, 3.63) is 51.9 Å². The number of carbonyl (C=O) groups is 1. The predicted octanol–water partition coefficient (Wildman–Crippen LogP) is 3.27. The number of benzene rings is 1. The molecule has 0 unspecified atom stereocenters. The molecule has 0 N–H and O–H groups in total. The van der Waals surface area contributed by atoms with Gasteiger partial charge in [0, 0.05) is 0 Å². The van der Waals surface area contributed by atoms with Crippen LogP contribution >= 0.6 is 0 Å². The maximum Gasteiger partial charge on any atom is 0.278 e. The minimum atomic E-state index is -0.154. The summed E-state index contributed by atoms with van der Waals surface area (Å²) in [5.74, 6) is 0. The summed E-state index contributed by atoms with van der Waals surface area (Å²) in [7, 11) is 0. The first-order chi connectivity index (χ1) is 10.2. The molecule has 3 rings (SSSR count). The number of para-hydroxylation sites is 1. The van der Waals surface area contributed by atoms with Crippen molar-refractivity contribution in [1.82, 2.24) is 9.36 Å². The van der Waals surface area contributed by atoms with Crippen LogP contribution in [0.5, 0.6) is 0 Å². The first-order valence-corrected chi connectivity index (χ1v) is 7.58. The Morgan fingerprint density at radius 2 is 1.76 bits per heavy atom. The highest BCUT2D eigenvalue weighted by Crippen LogP contribution is 2.29. The molecule has 110 valence electrons. The Balaban J connectivity index is 2.22. The van der Waals surface area contributed by atoms with Crippen molar-refractivity contribution in [2.45, 2.75) is 45.1 Å². The molecule has 0 aliphatic heterocycles. The second-order valence-electron chi connectivity index (χ2n) is 5.71. The second kappa shape index (κ2) is 5.72. The van der Waals surface area contributed by atoms with Gasteiger partial charge in [-0.25, -0.2) is 4.68 Å². The zero-order chi connectivity index (χ0) is 14.8. The highest BCUT2D eigenvalue weighted by Gasteiger charge is 2.24. The molecule has 0 atom stereocenters. The molecule has 1 saturated carbocycles. The molecule has 1 aromatic carbocycles. The summed E-state index contributed by atoms with van der Waals surface area (Å²) in [4.78, 5) is 23.9. The van der Waals surface area contributed by atoms with Crippen molar-refractivity contribution in [2.75, 3.05) is 0 Å². The summed E-state index contributed by atoms with van der Waals surface area (Å²) in [5.41, 5.74) is 1.79. The average Bonchev–Trinajstić information content (AvgIpc) is 2.79. The number of rotatable bonds is 3. The fourth-order valence-electron chi connectivity index (χ4n) is 3.32. The zero-order valence-corrected chi connectivity index (χ0v) is 12.3. The Kier molecular flexibility index (Phi) is 3.78. The summed E-state index contributed by atoms with van der Waals surface area (Å²) in [5, 5.41) is 0. The van der Waals surface area contributed by atoms with Gasteiger partial charge in [0.2, 0.25) is 0 Å². The lowest BCUT2D eigenvalue weighted by Crippen LogP contribution is -2.29. The molecule has 0 bridgehead atoms. The van der Waals surface area contributed by atoms with E-state index in [9.17, 15) is 9.59 Å². The molecule has 0 amide bonds. The van der Waals surface area contributed by atoms with Crippen LogP contribution in [-0.2, 0) is 0 Å². The van der Waals surface area contributed by atoms with Crippen LogP contribution in [0, 0.1) is 6.92 Å². The van der Waals surface area contributed by atoms with Gasteiger partial charge in [-0.15, -0.1) is 0 Å². The van der Waals surface area contributed by atoms with Crippen molar-refractivity contribution in [2.24, 2.45) is 0 Å². The van der Waals surface area contributed by atoms with Gasteiger partial charge in [0.15, 0.2) is 6.29 Å². The summed E-state index contributed by atoms with van der Waals surface area (Å²) < 4.78 is 3.72.